The van der Waals surface area contributed by atoms with Gasteiger partial charge in [-0.3, -0.25) is 0 Å². The van der Waals surface area contributed by atoms with Crippen molar-refractivity contribution >= 4 is 39.4 Å². The van der Waals surface area contributed by atoms with E-state index in [-0.39, 0.29) is 11.5 Å². The number of fused-ring (bicyclic) bond motifs is 1. The van der Waals surface area contributed by atoms with Crippen molar-refractivity contribution in [3.8, 4) is 11.5 Å². The Hall–Kier alpha value is -2.79. The van der Waals surface area contributed by atoms with Gasteiger partial charge in [-0.25, -0.2) is 4.98 Å². The van der Waals surface area contributed by atoms with Crippen LogP contribution in [-0.4, -0.2) is 21.2 Å². The summed E-state index contributed by atoms with van der Waals surface area (Å²) in [6.07, 6.45) is 7.83. The Morgan fingerprint density at radius 1 is 1.00 bits per heavy atom. The van der Waals surface area contributed by atoms with Crippen LogP contribution in [0.1, 0.15) is 24.4 Å². The van der Waals surface area contributed by atoms with Crippen molar-refractivity contribution in [2.45, 2.75) is 19.9 Å². The molecular formula is C20H20N2O2S. The summed E-state index contributed by atoms with van der Waals surface area (Å²) in [5.74, 6) is -0.273. The fourth-order valence-electron chi connectivity index (χ4n) is 2.37. The van der Waals surface area contributed by atoms with Crippen molar-refractivity contribution in [1.29, 1.82) is 0 Å². The molecule has 0 aliphatic carbocycles. The van der Waals surface area contributed by atoms with E-state index in [9.17, 15) is 10.2 Å². The summed E-state index contributed by atoms with van der Waals surface area (Å²) in [6.45, 7) is 4.23. The molecule has 0 atom stereocenters. The Morgan fingerprint density at radius 3 is 2.40 bits per heavy atom. The molecule has 0 radical (unpaired) electrons. The van der Waals surface area contributed by atoms with Gasteiger partial charge in [0.25, 0.3) is 0 Å². The number of hydrogen-bond acceptors (Lipinski definition) is 5. The molecule has 4 nitrogen and oxygen atoms in total. The molecule has 128 valence electrons. The quantitative estimate of drug-likeness (QED) is 0.433. The fraction of sp³-hybridized carbons (Fsp3) is 0.150. The van der Waals surface area contributed by atoms with Crippen LogP contribution in [0.15, 0.2) is 48.6 Å². The van der Waals surface area contributed by atoms with Crippen molar-refractivity contribution in [2.75, 3.05) is 5.32 Å². The molecule has 5 heteroatoms. The molecule has 3 N–H and O–H groups in total. The predicted octanol–water partition coefficient (Wildman–Crippen LogP) is 5.25. The van der Waals surface area contributed by atoms with Crippen molar-refractivity contribution in [3.05, 3.63) is 59.1 Å². The van der Waals surface area contributed by atoms with E-state index in [1.807, 2.05) is 24.3 Å². The summed E-state index contributed by atoms with van der Waals surface area (Å²) in [5.41, 5.74) is 2.92. The van der Waals surface area contributed by atoms with Crippen LogP contribution in [0.25, 0.3) is 22.4 Å². The number of aromatic nitrogens is 1. The van der Waals surface area contributed by atoms with Crippen LogP contribution in [0.5, 0.6) is 11.5 Å². The second kappa shape index (κ2) is 7.40. The maximum Gasteiger partial charge on any atom is 0.159 e. The topological polar surface area (TPSA) is 65.4 Å². The Labute approximate surface area is 150 Å². The van der Waals surface area contributed by atoms with Gasteiger partial charge in [0.2, 0.25) is 0 Å². The zero-order chi connectivity index (χ0) is 17.8. The molecule has 0 saturated carbocycles. The summed E-state index contributed by atoms with van der Waals surface area (Å²) in [4.78, 5) is 4.42. The third-order valence-corrected chi connectivity index (χ3v) is 4.49. The third-order valence-electron chi connectivity index (χ3n) is 3.51. The standard InChI is InChI=1S/C20H20N2O2S/c1-13(2)21-15-9-7-14(8-10-15)5-3-4-6-20-22-16-11-17(23)18(24)12-19(16)25-20/h3-13,21,23-24H,1-2H3/b5-3+,6-4+. The largest absolute Gasteiger partial charge is 0.504 e. The van der Waals surface area contributed by atoms with E-state index in [1.165, 1.54) is 23.5 Å². The van der Waals surface area contributed by atoms with Gasteiger partial charge in [0.1, 0.15) is 5.01 Å². The highest BCUT2D eigenvalue weighted by molar-refractivity contribution is 7.19. The first kappa shape index (κ1) is 17.0. The van der Waals surface area contributed by atoms with Gasteiger partial charge in [-0.2, -0.15) is 0 Å². The average Bonchev–Trinajstić information content (AvgIpc) is 2.94. The minimum absolute atomic E-state index is 0.123. The number of thiazole rings is 1. The second-order valence-electron chi connectivity index (χ2n) is 6.00. The first-order valence-corrected chi connectivity index (χ1v) is 8.87. The lowest BCUT2D eigenvalue weighted by Crippen LogP contribution is -2.09. The van der Waals surface area contributed by atoms with Gasteiger partial charge in [0.15, 0.2) is 11.5 Å². The molecular weight excluding hydrogens is 332 g/mol. The lowest BCUT2D eigenvalue weighted by molar-refractivity contribution is 0.405. The lowest BCUT2D eigenvalue weighted by atomic mass is 10.2. The van der Waals surface area contributed by atoms with E-state index in [2.05, 4.69) is 48.4 Å². The van der Waals surface area contributed by atoms with Gasteiger partial charge < -0.3 is 15.5 Å². The number of phenolic OH excluding ortho intramolecular Hbond substituents is 2. The van der Waals surface area contributed by atoms with Gasteiger partial charge >= 0.3 is 0 Å². The Bertz CT molecular complexity index is 886. The Balaban J connectivity index is 1.67. The van der Waals surface area contributed by atoms with Crippen LogP contribution >= 0.6 is 11.3 Å². The fourth-order valence-corrected chi connectivity index (χ4v) is 3.27. The number of rotatable bonds is 5. The van der Waals surface area contributed by atoms with Crippen molar-refractivity contribution < 1.29 is 10.2 Å². The number of hydrogen-bond donors (Lipinski definition) is 3. The van der Waals surface area contributed by atoms with Crippen molar-refractivity contribution in [1.82, 2.24) is 4.98 Å². The maximum absolute atomic E-state index is 9.53. The number of anilines is 1. The molecule has 0 aliphatic rings. The van der Waals surface area contributed by atoms with Crippen LogP contribution in [0.3, 0.4) is 0 Å². The zero-order valence-electron chi connectivity index (χ0n) is 14.1. The molecule has 3 aromatic rings. The van der Waals surface area contributed by atoms with Crippen LogP contribution in [0, 0.1) is 0 Å². The minimum atomic E-state index is -0.149. The molecule has 2 aromatic carbocycles. The van der Waals surface area contributed by atoms with Crippen LogP contribution in [-0.2, 0) is 0 Å². The lowest BCUT2D eigenvalue weighted by Gasteiger charge is -2.09. The van der Waals surface area contributed by atoms with E-state index >= 15 is 0 Å². The highest BCUT2D eigenvalue weighted by Crippen LogP contribution is 2.33. The maximum atomic E-state index is 9.53. The van der Waals surface area contributed by atoms with Crippen molar-refractivity contribution in [2.24, 2.45) is 0 Å². The summed E-state index contributed by atoms with van der Waals surface area (Å²) in [5, 5.41) is 23.2. The van der Waals surface area contributed by atoms with Crippen LogP contribution < -0.4 is 5.32 Å². The third kappa shape index (κ3) is 4.39. The number of phenols is 2. The normalized spacial score (nSPS) is 12.0. The molecule has 1 heterocycles. The SMILES string of the molecule is CC(C)Nc1ccc(/C=C/C=C/c2nc3cc(O)c(O)cc3s2)cc1. The molecule has 0 unspecified atom stereocenters. The summed E-state index contributed by atoms with van der Waals surface area (Å²) in [6, 6.07) is 11.7. The summed E-state index contributed by atoms with van der Waals surface area (Å²) < 4.78 is 0.840. The van der Waals surface area contributed by atoms with Gasteiger partial charge in [-0.05, 0) is 37.6 Å². The van der Waals surface area contributed by atoms with E-state index in [0.29, 0.717) is 11.6 Å². The molecule has 0 bridgehead atoms. The predicted molar refractivity (Wildman–Crippen MR) is 106 cm³/mol. The number of nitrogens with zero attached hydrogens (tertiary/aromatic N) is 1. The zero-order valence-corrected chi connectivity index (χ0v) is 14.9. The number of benzene rings is 2. The molecule has 0 saturated heterocycles. The summed E-state index contributed by atoms with van der Waals surface area (Å²) >= 11 is 1.46. The van der Waals surface area contributed by atoms with E-state index in [1.54, 1.807) is 0 Å². The first-order valence-electron chi connectivity index (χ1n) is 8.05. The molecule has 0 amide bonds. The van der Waals surface area contributed by atoms with Crippen LogP contribution in [0.2, 0.25) is 0 Å². The molecule has 3 rings (SSSR count). The minimum Gasteiger partial charge on any atom is -0.504 e. The van der Waals surface area contributed by atoms with Gasteiger partial charge in [-0.15, -0.1) is 11.3 Å². The number of aromatic hydroxyl groups is 2. The van der Waals surface area contributed by atoms with Gasteiger partial charge in [0.05, 0.1) is 10.2 Å². The van der Waals surface area contributed by atoms with Crippen molar-refractivity contribution in [3.63, 3.8) is 0 Å². The number of allylic oxidation sites excluding steroid dienone is 2. The van der Waals surface area contributed by atoms with E-state index in [0.717, 1.165) is 21.0 Å². The molecule has 1 aromatic heterocycles. The molecule has 0 aliphatic heterocycles. The van der Waals surface area contributed by atoms with Gasteiger partial charge in [0, 0.05) is 23.9 Å². The van der Waals surface area contributed by atoms with Crippen LogP contribution in [0.4, 0.5) is 5.69 Å². The smallest absolute Gasteiger partial charge is 0.159 e. The molecule has 0 spiro atoms. The Morgan fingerprint density at radius 2 is 1.68 bits per heavy atom. The molecule has 25 heavy (non-hydrogen) atoms. The Kier molecular flexibility index (Phi) is 5.05. The van der Waals surface area contributed by atoms with Gasteiger partial charge in [-0.1, -0.05) is 30.4 Å². The first-order chi connectivity index (χ1) is 12.0. The monoisotopic (exact) mass is 352 g/mol. The number of nitrogens with one attached hydrogen (secondary N) is 1. The van der Waals surface area contributed by atoms with E-state index in [4.69, 9.17) is 0 Å². The highest BCUT2D eigenvalue weighted by Gasteiger charge is 2.06. The average molecular weight is 352 g/mol. The second-order valence-corrected chi connectivity index (χ2v) is 7.06. The highest BCUT2D eigenvalue weighted by atomic mass is 32.1. The molecule has 0 fully saturated rings. The summed E-state index contributed by atoms with van der Waals surface area (Å²) in [7, 11) is 0. The van der Waals surface area contributed by atoms with E-state index < -0.39 is 0 Å².